The molecule has 0 amide bonds. The normalized spacial score (nSPS) is 9.80. The molecule has 0 saturated carbocycles. The van der Waals surface area contributed by atoms with Crippen LogP contribution in [-0.2, 0) is 4.74 Å². The molecule has 0 spiro atoms. The lowest BCUT2D eigenvalue weighted by Crippen LogP contribution is -2.24. The van der Waals surface area contributed by atoms with Crippen LogP contribution >= 0.6 is 0 Å². The van der Waals surface area contributed by atoms with Crippen molar-refractivity contribution >= 4 is 5.90 Å². The summed E-state index contributed by atoms with van der Waals surface area (Å²) >= 11 is 0. The summed E-state index contributed by atoms with van der Waals surface area (Å²) in [5.41, 5.74) is 1.16. The Bertz CT molecular complexity index is 311. The van der Waals surface area contributed by atoms with E-state index < -0.39 is 0 Å². The molecule has 0 aliphatic rings. The monoisotopic (exact) mass is 206 g/mol. The largest absolute Gasteiger partial charge is 0.445 e. The van der Waals surface area contributed by atoms with Crippen LogP contribution in [-0.4, -0.2) is 30.2 Å². The van der Waals surface area contributed by atoms with Gasteiger partial charge in [0.05, 0.1) is 12.2 Å². The lowest BCUT2D eigenvalue weighted by Gasteiger charge is -2.07. The third-order valence-electron chi connectivity index (χ3n) is 2.35. The first-order valence-electron chi connectivity index (χ1n) is 5.63. The van der Waals surface area contributed by atoms with Crippen LogP contribution in [0.4, 0.5) is 0 Å². The third kappa shape index (κ3) is 3.08. The highest BCUT2D eigenvalue weighted by Crippen LogP contribution is 2.03. The maximum Gasteiger partial charge on any atom is 0.369 e. The Labute approximate surface area is 92.2 Å². The summed E-state index contributed by atoms with van der Waals surface area (Å²) in [7, 11) is 0. The van der Waals surface area contributed by atoms with Crippen molar-refractivity contribution in [2.24, 2.45) is 0 Å². The van der Waals surface area contributed by atoms with Gasteiger partial charge in [-0.2, -0.15) is 4.58 Å². The molecule has 82 valence electrons. The van der Waals surface area contributed by atoms with Crippen molar-refractivity contribution in [3.8, 4) is 0 Å². The van der Waals surface area contributed by atoms with Gasteiger partial charge in [0.1, 0.15) is 13.1 Å². The fourth-order valence-electron chi connectivity index (χ4n) is 1.59. The van der Waals surface area contributed by atoms with Crippen LogP contribution in [0.15, 0.2) is 30.3 Å². The molecule has 1 aromatic carbocycles. The van der Waals surface area contributed by atoms with Gasteiger partial charge in [0, 0.05) is 0 Å². The molecular weight excluding hydrogens is 186 g/mol. The molecule has 0 aliphatic heterocycles. The topological polar surface area (TPSA) is 12.2 Å². The maximum atomic E-state index is 5.71. The third-order valence-corrected chi connectivity index (χ3v) is 2.35. The fraction of sp³-hybridized carbons (Fsp3) is 0.462. The zero-order valence-corrected chi connectivity index (χ0v) is 9.86. The molecule has 0 aromatic heterocycles. The Kier molecular flexibility index (Phi) is 4.88. The minimum absolute atomic E-state index is 0.709. The van der Waals surface area contributed by atoms with Crippen molar-refractivity contribution in [3.63, 3.8) is 0 Å². The number of ether oxygens (including phenoxy) is 1. The molecular formula is C13H20NO+. The highest BCUT2D eigenvalue weighted by Gasteiger charge is 2.15. The van der Waals surface area contributed by atoms with Crippen molar-refractivity contribution in [3.05, 3.63) is 35.9 Å². The molecule has 0 heterocycles. The average molecular weight is 206 g/mol. The summed E-state index contributed by atoms with van der Waals surface area (Å²) in [5.74, 6) is 0.989. The van der Waals surface area contributed by atoms with Crippen LogP contribution in [0.2, 0.25) is 0 Å². The zero-order chi connectivity index (χ0) is 11.1. The second kappa shape index (κ2) is 6.23. The van der Waals surface area contributed by atoms with Gasteiger partial charge in [-0.05, 0) is 32.9 Å². The van der Waals surface area contributed by atoms with Crippen molar-refractivity contribution in [2.45, 2.75) is 20.8 Å². The number of rotatable bonds is 4. The minimum atomic E-state index is 0.709. The molecule has 0 unspecified atom stereocenters. The molecule has 0 bridgehead atoms. The van der Waals surface area contributed by atoms with E-state index in [4.69, 9.17) is 4.74 Å². The number of nitrogens with zero attached hydrogens (tertiary/aromatic N) is 1. The lowest BCUT2D eigenvalue weighted by molar-refractivity contribution is -0.528. The van der Waals surface area contributed by atoms with Crippen LogP contribution in [0.25, 0.3) is 0 Å². The molecule has 2 heteroatoms. The second-order valence-electron chi connectivity index (χ2n) is 3.28. The first-order chi connectivity index (χ1) is 7.33. The van der Waals surface area contributed by atoms with Gasteiger partial charge in [0.2, 0.25) is 0 Å². The molecule has 15 heavy (non-hydrogen) atoms. The van der Waals surface area contributed by atoms with Crippen molar-refractivity contribution in [1.29, 1.82) is 0 Å². The first-order valence-corrected chi connectivity index (χ1v) is 5.63. The van der Waals surface area contributed by atoms with Crippen molar-refractivity contribution in [2.75, 3.05) is 19.7 Å². The Morgan fingerprint density at radius 3 is 2.13 bits per heavy atom. The second-order valence-corrected chi connectivity index (χ2v) is 3.28. The van der Waals surface area contributed by atoms with Gasteiger partial charge in [-0.25, -0.2) is 0 Å². The van der Waals surface area contributed by atoms with Crippen molar-refractivity contribution in [1.82, 2.24) is 0 Å². The van der Waals surface area contributed by atoms with E-state index in [-0.39, 0.29) is 0 Å². The predicted octanol–water partition coefficient (Wildman–Crippen LogP) is 2.52. The van der Waals surface area contributed by atoms with Gasteiger partial charge in [-0.3, -0.25) is 0 Å². The van der Waals surface area contributed by atoms with Crippen LogP contribution in [0.3, 0.4) is 0 Å². The summed E-state index contributed by atoms with van der Waals surface area (Å²) in [4.78, 5) is 0. The SMILES string of the molecule is CCOC(c1ccccc1)=[N+](CC)CC. The van der Waals surface area contributed by atoms with E-state index in [2.05, 4.69) is 30.6 Å². The highest BCUT2D eigenvalue weighted by atomic mass is 16.5. The maximum absolute atomic E-state index is 5.71. The summed E-state index contributed by atoms with van der Waals surface area (Å²) in [6, 6.07) is 10.3. The van der Waals surface area contributed by atoms with E-state index in [1.165, 1.54) is 0 Å². The van der Waals surface area contributed by atoms with E-state index in [1.54, 1.807) is 0 Å². The van der Waals surface area contributed by atoms with Gasteiger partial charge in [0.25, 0.3) is 0 Å². The van der Waals surface area contributed by atoms with Gasteiger partial charge in [-0.1, -0.05) is 18.2 Å². The summed E-state index contributed by atoms with van der Waals surface area (Å²) in [6.07, 6.45) is 0. The minimum Gasteiger partial charge on any atom is -0.445 e. The lowest BCUT2D eigenvalue weighted by atomic mass is 10.2. The molecule has 0 radical (unpaired) electrons. The molecule has 0 aliphatic carbocycles. The quantitative estimate of drug-likeness (QED) is 0.419. The van der Waals surface area contributed by atoms with E-state index in [0.717, 1.165) is 24.6 Å². The fourth-order valence-corrected chi connectivity index (χ4v) is 1.59. The van der Waals surface area contributed by atoms with E-state index >= 15 is 0 Å². The summed E-state index contributed by atoms with van der Waals surface area (Å²) in [6.45, 7) is 8.96. The molecule has 0 saturated heterocycles. The van der Waals surface area contributed by atoms with Gasteiger partial charge in [0.15, 0.2) is 0 Å². The summed E-state index contributed by atoms with van der Waals surface area (Å²) in [5, 5.41) is 0. The molecule has 0 fully saturated rings. The number of hydrogen-bond acceptors (Lipinski definition) is 1. The van der Waals surface area contributed by atoms with Gasteiger partial charge >= 0.3 is 5.90 Å². The Balaban J connectivity index is 3.07. The molecule has 1 rings (SSSR count). The molecule has 2 nitrogen and oxygen atoms in total. The predicted molar refractivity (Wildman–Crippen MR) is 63.5 cm³/mol. The Morgan fingerprint density at radius 2 is 1.67 bits per heavy atom. The van der Waals surface area contributed by atoms with Gasteiger partial charge < -0.3 is 4.74 Å². The van der Waals surface area contributed by atoms with Gasteiger partial charge in [-0.15, -0.1) is 0 Å². The molecule has 1 aromatic rings. The highest BCUT2D eigenvalue weighted by molar-refractivity contribution is 5.90. The van der Waals surface area contributed by atoms with E-state index in [0.29, 0.717) is 6.61 Å². The van der Waals surface area contributed by atoms with Crippen LogP contribution in [0, 0.1) is 0 Å². The van der Waals surface area contributed by atoms with E-state index in [1.807, 2.05) is 25.1 Å². The van der Waals surface area contributed by atoms with Crippen LogP contribution in [0.1, 0.15) is 26.3 Å². The standard InChI is InChI=1S/C13H20NO/c1-4-14(5-2)13(15-6-3)12-10-8-7-9-11-12/h7-11H,4-6H2,1-3H3/q+1. The first kappa shape index (κ1) is 11.8. The van der Waals surface area contributed by atoms with Crippen LogP contribution < -0.4 is 0 Å². The smallest absolute Gasteiger partial charge is 0.369 e. The molecule has 0 N–H and O–H groups in total. The van der Waals surface area contributed by atoms with Crippen molar-refractivity contribution < 1.29 is 9.31 Å². The van der Waals surface area contributed by atoms with Crippen LogP contribution in [0.5, 0.6) is 0 Å². The van der Waals surface area contributed by atoms with E-state index in [9.17, 15) is 0 Å². The number of hydrogen-bond donors (Lipinski definition) is 0. The molecule has 0 atom stereocenters. The average Bonchev–Trinajstić information content (AvgIpc) is 2.30. The number of benzene rings is 1. The Hall–Kier alpha value is -1.31. The summed E-state index contributed by atoms with van der Waals surface area (Å²) < 4.78 is 7.95. The Morgan fingerprint density at radius 1 is 1.07 bits per heavy atom. The zero-order valence-electron chi connectivity index (χ0n) is 9.86.